The second-order valence-corrected chi connectivity index (χ2v) is 6.88. The molecule has 1 rings (SSSR count). The van der Waals surface area contributed by atoms with Gasteiger partial charge in [-0.1, -0.05) is 13.8 Å². The second-order valence-electron chi connectivity index (χ2n) is 6.88. The van der Waals surface area contributed by atoms with Crippen molar-refractivity contribution in [1.82, 2.24) is 10.2 Å². The Labute approximate surface area is 120 Å². The number of rotatable bonds is 8. The van der Waals surface area contributed by atoms with Crippen molar-refractivity contribution < 1.29 is 4.74 Å². The summed E-state index contributed by atoms with van der Waals surface area (Å²) in [6.45, 7) is 15.8. The first-order valence-electron chi connectivity index (χ1n) is 8.04. The van der Waals surface area contributed by atoms with Crippen molar-refractivity contribution in [2.45, 2.75) is 59.5 Å². The molecule has 3 heteroatoms. The number of ether oxygens (including phenoxy) is 1. The molecule has 0 radical (unpaired) electrons. The van der Waals surface area contributed by atoms with Crippen molar-refractivity contribution in [2.24, 2.45) is 5.41 Å². The number of hydrogen-bond donors (Lipinski definition) is 1. The van der Waals surface area contributed by atoms with E-state index in [9.17, 15) is 0 Å². The zero-order valence-electron chi connectivity index (χ0n) is 13.5. The normalized spacial score (nSPS) is 20.7. The minimum absolute atomic E-state index is 0.362. The van der Waals surface area contributed by atoms with Crippen LogP contribution in [0.2, 0.25) is 0 Å². The van der Waals surface area contributed by atoms with Gasteiger partial charge in [-0.2, -0.15) is 0 Å². The van der Waals surface area contributed by atoms with Crippen molar-refractivity contribution in [3.63, 3.8) is 0 Å². The molecule has 0 aromatic heterocycles. The Morgan fingerprint density at radius 3 is 2.68 bits per heavy atom. The van der Waals surface area contributed by atoms with Gasteiger partial charge < -0.3 is 15.0 Å². The van der Waals surface area contributed by atoms with Crippen LogP contribution in [-0.4, -0.2) is 50.3 Å². The van der Waals surface area contributed by atoms with E-state index in [1.54, 1.807) is 0 Å². The molecule has 0 atom stereocenters. The van der Waals surface area contributed by atoms with Gasteiger partial charge in [-0.15, -0.1) is 0 Å². The highest BCUT2D eigenvalue weighted by Gasteiger charge is 2.22. The molecule has 0 aromatic carbocycles. The molecule has 3 nitrogen and oxygen atoms in total. The number of nitrogens with zero attached hydrogens (tertiary/aromatic N) is 1. The van der Waals surface area contributed by atoms with Gasteiger partial charge in [-0.05, 0) is 64.6 Å². The van der Waals surface area contributed by atoms with Crippen molar-refractivity contribution in [1.29, 1.82) is 0 Å². The number of hydrogen-bond acceptors (Lipinski definition) is 3. The Morgan fingerprint density at radius 1 is 1.16 bits per heavy atom. The molecule has 1 aliphatic rings. The second kappa shape index (κ2) is 8.93. The van der Waals surface area contributed by atoms with E-state index in [1.165, 1.54) is 38.9 Å². The van der Waals surface area contributed by atoms with E-state index in [2.05, 4.69) is 37.9 Å². The zero-order valence-corrected chi connectivity index (χ0v) is 13.5. The molecule has 0 aliphatic carbocycles. The molecule has 0 spiro atoms. The molecule has 1 saturated heterocycles. The molecule has 1 N–H and O–H groups in total. The van der Waals surface area contributed by atoms with Crippen LogP contribution >= 0.6 is 0 Å². The first-order valence-corrected chi connectivity index (χ1v) is 8.04. The van der Waals surface area contributed by atoms with Gasteiger partial charge in [-0.25, -0.2) is 0 Å². The van der Waals surface area contributed by atoms with Gasteiger partial charge in [0.2, 0.25) is 0 Å². The Hall–Kier alpha value is -0.120. The van der Waals surface area contributed by atoms with Crippen LogP contribution in [0.5, 0.6) is 0 Å². The van der Waals surface area contributed by atoms with Gasteiger partial charge in [0.05, 0.1) is 6.10 Å². The lowest BCUT2D eigenvalue weighted by molar-refractivity contribution is 0.0770. The molecule has 0 saturated carbocycles. The summed E-state index contributed by atoms with van der Waals surface area (Å²) in [5, 5.41) is 3.53. The highest BCUT2D eigenvalue weighted by atomic mass is 16.5. The average molecular weight is 270 g/mol. The Bertz CT molecular complexity index is 229. The maximum absolute atomic E-state index is 5.53. The highest BCUT2D eigenvalue weighted by molar-refractivity contribution is 4.76. The van der Waals surface area contributed by atoms with Gasteiger partial charge in [0.25, 0.3) is 0 Å². The Kier molecular flexibility index (Phi) is 7.96. The summed E-state index contributed by atoms with van der Waals surface area (Å²) in [6, 6.07) is 0. The van der Waals surface area contributed by atoms with E-state index in [0.29, 0.717) is 11.5 Å². The van der Waals surface area contributed by atoms with E-state index < -0.39 is 0 Å². The highest BCUT2D eigenvalue weighted by Crippen LogP contribution is 2.29. The maximum atomic E-state index is 5.53. The van der Waals surface area contributed by atoms with E-state index in [4.69, 9.17) is 4.74 Å². The topological polar surface area (TPSA) is 24.5 Å². The largest absolute Gasteiger partial charge is 0.379 e. The molecule has 1 heterocycles. The quantitative estimate of drug-likeness (QED) is 0.686. The standard InChI is InChI=1S/C16H34N2O/c1-15(2)19-14-6-9-17-10-13-18-11-5-7-16(3,4)8-12-18/h15,17H,5-14H2,1-4H3. The fourth-order valence-electron chi connectivity index (χ4n) is 2.58. The van der Waals surface area contributed by atoms with E-state index in [0.717, 1.165) is 26.1 Å². The fraction of sp³-hybridized carbons (Fsp3) is 1.00. The average Bonchev–Trinajstić information content (AvgIpc) is 2.49. The molecule has 1 fully saturated rings. The third-order valence-corrected chi connectivity index (χ3v) is 3.99. The molecule has 1 aliphatic heterocycles. The predicted octanol–water partition coefficient (Wildman–Crippen LogP) is 2.90. The summed E-state index contributed by atoms with van der Waals surface area (Å²) in [4.78, 5) is 2.62. The Balaban J connectivity index is 1.97. The fourth-order valence-corrected chi connectivity index (χ4v) is 2.58. The molecule has 0 aromatic rings. The third-order valence-electron chi connectivity index (χ3n) is 3.99. The lowest BCUT2D eigenvalue weighted by Crippen LogP contribution is -2.33. The van der Waals surface area contributed by atoms with Crippen LogP contribution in [0.25, 0.3) is 0 Å². The molecule has 19 heavy (non-hydrogen) atoms. The molecular weight excluding hydrogens is 236 g/mol. The number of nitrogens with one attached hydrogen (secondary N) is 1. The van der Waals surface area contributed by atoms with Crippen LogP contribution in [0.15, 0.2) is 0 Å². The summed E-state index contributed by atoms with van der Waals surface area (Å²) in [5.41, 5.74) is 0.552. The van der Waals surface area contributed by atoms with Crippen LogP contribution in [0.4, 0.5) is 0 Å². The lowest BCUT2D eigenvalue weighted by Gasteiger charge is -2.23. The first-order chi connectivity index (χ1) is 8.99. The third kappa shape index (κ3) is 8.61. The van der Waals surface area contributed by atoms with Crippen molar-refractivity contribution >= 4 is 0 Å². The van der Waals surface area contributed by atoms with Gasteiger partial charge in [0.1, 0.15) is 0 Å². The summed E-state index contributed by atoms with van der Waals surface area (Å²) < 4.78 is 5.53. The smallest absolute Gasteiger partial charge is 0.0518 e. The summed E-state index contributed by atoms with van der Waals surface area (Å²) in [7, 11) is 0. The summed E-state index contributed by atoms with van der Waals surface area (Å²) in [6.07, 6.45) is 5.56. The SMILES string of the molecule is CC(C)OCCCNCCN1CCCC(C)(C)CC1. The van der Waals surface area contributed by atoms with Crippen LogP contribution in [0, 0.1) is 5.41 Å². The monoisotopic (exact) mass is 270 g/mol. The van der Waals surface area contributed by atoms with Crippen molar-refractivity contribution in [3.05, 3.63) is 0 Å². The summed E-state index contributed by atoms with van der Waals surface area (Å²) in [5.74, 6) is 0. The number of likely N-dealkylation sites (tertiary alicyclic amines) is 1. The van der Waals surface area contributed by atoms with Gasteiger partial charge in [-0.3, -0.25) is 0 Å². The van der Waals surface area contributed by atoms with Crippen LogP contribution < -0.4 is 5.32 Å². The minimum Gasteiger partial charge on any atom is -0.379 e. The molecule has 114 valence electrons. The van der Waals surface area contributed by atoms with E-state index in [-0.39, 0.29) is 0 Å². The van der Waals surface area contributed by atoms with E-state index in [1.807, 2.05) is 0 Å². The Morgan fingerprint density at radius 2 is 1.95 bits per heavy atom. The van der Waals surface area contributed by atoms with Gasteiger partial charge in [0.15, 0.2) is 0 Å². The minimum atomic E-state index is 0.362. The molecule has 0 amide bonds. The van der Waals surface area contributed by atoms with Gasteiger partial charge >= 0.3 is 0 Å². The molecule has 0 bridgehead atoms. The summed E-state index contributed by atoms with van der Waals surface area (Å²) >= 11 is 0. The predicted molar refractivity (Wildman–Crippen MR) is 82.6 cm³/mol. The van der Waals surface area contributed by atoms with Crippen LogP contribution in [-0.2, 0) is 4.74 Å². The van der Waals surface area contributed by atoms with E-state index >= 15 is 0 Å². The maximum Gasteiger partial charge on any atom is 0.0518 e. The van der Waals surface area contributed by atoms with Gasteiger partial charge in [0, 0.05) is 19.7 Å². The van der Waals surface area contributed by atoms with Crippen LogP contribution in [0.3, 0.4) is 0 Å². The lowest BCUT2D eigenvalue weighted by atomic mass is 9.85. The first kappa shape index (κ1) is 16.9. The molecule has 0 unspecified atom stereocenters. The van der Waals surface area contributed by atoms with Crippen molar-refractivity contribution in [2.75, 3.05) is 39.3 Å². The zero-order chi connectivity index (χ0) is 14.1. The van der Waals surface area contributed by atoms with Crippen molar-refractivity contribution in [3.8, 4) is 0 Å². The molecular formula is C16H34N2O. The van der Waals surface area contributed by atoms with Crippen LogP contribution in [0.1, 0.15) is 53.4 Å².